The van der Waals surface area contributed by atoms with Gasteiger partial charge in [0, 0.05) is 32.2 Å². The van der Waals surface area contributed by atoms with Crippen LogP contribution in [0.3, 0.4) is 0 Å². The van der Waals surface area contributed by atoms with Crippen molar-refractivity contribution in [1.82, 2.24) is 9.80 Å². The molecular formula is C17H25FN2. The van der Waals surface area contributed by atoms with E-state index in [-0.39, 0.29) is 5.82 Å². The molecule has 2 saturated heterocycles. The number of piperidine rings is 1. The van der Waals surface area contributed by atoms with Gasteiger partial charge in [-0.05, 0) is 49.9 Å². The van der Waals surface area contributed by atoms with Crippen molar-refractivity contribution in [3.05, 3.63) is 34.6 Å². The zero-order valence-corrected chi connectivity index (χ0v) is 12.7. The second kappa shape index (κ2) is 5.82. The maximum absolute atomic E-state index is 13.7. The first-order chi connectivity index (χ1) is 9.63. The number of fused-ring (bicyclic) bond motifs is 1. The standard InChI is InChI=1S/C17H25FN2/c1-13-9-15(10-14(2)17(13)18)11-19-7-8-20-6-4-3-5-16(20)12-19/h9-10,16H,3-8,11-12H2,1-2H3. The summed E-state index contributed by atoms with van der Waals surface area (Å²) in [5.74, 6) is -0.0501. The molecular weight excluding hydrogens is 251 g/mol. The topological polar surface area (TPSA) is 6.48 Å². The van der Waals surface area contributed by atoms with E-state index in [9.17, 15) is 4.39 Å². The van der Waals surface area contributed by atoms with Crippen LogP contribution in [-0.2, 0) is 6.54 Å². The van der Waals surface area contributed by atoms with Crippen LogP contribution < -0.4 is 0 Å². The predicted octanol–water partition coefficient (Wildman–Crippen LogP) is 3.11. The van der Waals surface area contributed by atoms with E-state index in [4.69, 9.17) is 0 Å². The van der Waals surface area contributed by atoms with Crippen molar-refractivity contribution in [2.75, 3.05) is 26.2 Å². The van der Waals surface area contributed by atoms with Crippen molar-refractivity contribution < 1.29 is 4.39 Å². The predicted molar refractivity (Wildman–Crippen MR) is 80.4 cm³/mol. The van der Waals surface area contributed by atoms with Crippen LogP contribution in [0.5, 0.6) is 0 Å². The lowest BCUT2D eigenvalue weighted by atomic mass is 9.99. The van der Waals surface area contributed by atoms with E-state index in [0.717, 1.165) is 30.3 Å². The Balaban J connectivity index is 1.66. The average Bonchev–Trinajstić information content (AvgIpc) is 2.44. The molecule has 0 amide bonds. The van der Waals surface area contributed by atoms with Gasteiger partial charge in [-0.1, -0.05) is 18.6 Å². The van der Waals surface area contributed by atoms with Crippen molar-refractivity contribution in [1.29, 1.82) is 0 Å². The monoisotopic (exact) mass is 276 g/mol. The highest BCUT2D eigenvalue weighted by atomic mass is 19.1. The number of nitrogens with zero attached hydrogens (tertiary/aromatic N) is 2. The number of benzene rings is 1. The van der Waals surface area contributed by atoms with Crippen molar-refractivity contribution in [2.24, 2.45) is 0 Å². The minimum Gasteiger partial charge on any atom is -0.298 e. The molecule has 0 N–H and O–H groups in total. The minimum absolute atomic E-state index is 0.0501. The van der Waals surface area contributed by atoms with E-state index >= 15 is 0 Å². The number of halogens is 1. The summed E-state index contributed by atoms with van der Waals surface area (Å²) in [4.78, 5) is 5.19. The number of aryl methyl sites for hydroxylation is 2. The molecule has 2 heterocycles. The fourth-order valence-corrected chi connectivity index (χ4v) is 3.75. The van der Waals surface area contributed by atoms with Crippen LogP contribution in [0.2, 0.25) is 0 Å². The van der Waals surface area contributed by atoms with Gasteiger partial charge in [-0.2, -0.15) is 0 Å². The third-order valence-corrected chi connectivity index (χ3v) is 4.82. The lowest BCUT2D eigenvalue weighted by Crippen LogP contribution is -2.54. The molecule has 20 heavy (non-hydrogen) atoms. The van der Waals surface area contributed by atoms with Gasteiger partial charge in [-0.25, -0.2) is 4.39 Å². The van der Waals surface area contributed by atoms with Gasteiger partial charge in [-0.15, -0.1) is 0 Å². The SMILES string of the molecule is Cc1cc(CN2CCN3CCCCC3C2)cc(C)c1F. The largest absolute Gasteiger partial charge is 0.298 e. The zero-order valence-electron chi connectivity index (χ0n) is 12.7. The van der Waals surface area contributed by atoms with E-state index in [1.165, 1.54) is 44.5 Å². The van der Waals surface area contributed by atoms with Crippen LogP contribution in [0.15, 0.2) is 12.1 Å². The fraction of sp³-hybridized carbons (Fsp3) is 0.647. The van der Waals surface area contributed by atoms with Gasteiger partial charge in [0.15, 0.2) is 0 Å². The Labute approximate surface area is 121 Å². The maximum Gasteiger partial charge on any atom is 0.129 e. The Morgan fingerprint density at radius 2 is 1.85 bits per heavy atom. The molecule has 2 nitrogen and oxygen atoms in total. The Morgan fingerprint density at radius 1 is 1.10 bits per heavy atom. The molecule has 0 bridgehead atoms. The van der Waals surface area contributed by atoms with Gasteiger partial charge in [0.1, 0.15) is 5.82 Å². The zero-order chi connectivity index (χ0) is 14.1. The summed E-state index contributed by atoms with van der Waals surface area (Å²) in [5, 5.41) is 0. The molecule has 2 aliphatic rings. The van der Waals surface area contributed by atoms with Crippen molar-refractivity contribution >= 4 is 0 Å². The smallest absolute Gasteiger partial charge is 0.129 e. The first-order valence-corrected chi connectivity index (χ1v) is 7.85. The van der Waals surface area contributed by atoms with Gasteiger partial charge in [0.05, 0.1) is 0 Å². The Bertz CT molecular complexity index is 463. The average molecular weight is 276 g/mol. The summed E-state index contributed by atoms with van der Waals surface area (Å²) in [6, 6.07) is 4.77. The third-order valence-electron chi connectivity index (χ3n) is 4.82. The first kappa shape index (κ1) is 14.0. The van der Waals surface area contributed by atoms with E-state index in [1.807, 2.05) is 26.0 Å². The summed E-state index contributed by atoms with van der Waals surface area (Å²) in [7, 11) is 0. The molecule has 3 heteroatoms. The summed E-state index contributed by atoms with van der Waals surface area (Å²) in [5.41, 5.74) is 2.80. The molecule has 2 aliphatic heterocycles. The molecule has 2 fully saturated rings. The Kier molecular flexibility index (Phi) is 4.08. The molecule has 1 aromatic carbocycles. The van der Waals surface area contributed by atoms with E-state index in [1.54, 1.807) is 0 Å². The van der Waals surface area contributed by atoms with Gasteiger partial charge in [0.2, 0.25) is 0 Å². The van der Waals surface area contributed by atoms with Crippen molar-refractivity contribution in [2.45, 2.75) is 45.7 Å². The molecule has 0 aromatic heterocycles. The Morgan fingerprint density at radius 3 is 2.60 bits per heavy atom. The summed E-state index contributed by atoms with van der Waals surface area (Å²) in [6.07, 6.45) is 4.09. The Hall–Kier alpha value is -0.930. The lowest BCUT2D eigenvalue weighted by Gasteiger charge is -2.44. The maximum atomic E-state index is 13.7. The van der Waals surface area contributed by atoms with Crippen LogP contribution in [0.4, 0.5) is 4.39 Å². The van der Waals surface area contributed by atoms with E-state index < -0.39 is 0 Å². The molecule has 1 atom stereocenters. The number of hydrogen-bond acceptors (Lipinski definition) is 2. The summed E-state index contributed by atoms with van der Waals surface area (Å²) in [6.45, 7) is 9.50. The fourth-order valence-electron chi connectivity index (χ4n) is 3.75. The summed E-state index contributed by atoms with van der Waals surface area (Å²) >= 11 is 0. The van der Waals surface area contributed by atoms with Crippen LogP contribution in [-0.4, -0.2) is 42.0 Å². The minimum atomic E-state index is -0.0501. The van der Waals surface area contributed by atoms with Gasteiger partial charge in [0.25, 0.3) is 0 Å². The van der Waals surface area contributed by atoms with Gasteiger partial charge >= 0.3 is 0 Å². The highest BCUT2D eigenvalue weighted by Gasteiger charge is 2.28. The van der Waals surface area contributed by atoms with Crippen LogP contribution in [0, 0.1) is 19.7 Å². The number of rotatable bonds is 2. The molecule has 0 radical (unpaired) electrons. The highest BCUT2D eigenvalue weighted by Crippen LogP contribution is 2.23. The quantitative estimate of drug-likeness (QED) is 0.819. The normalized spacial score (nSPS) is 24.6. The number of hydrogen-bond donors (Lipinski definition) is 0. The second-order valence-electron chi connectivity index (χ2n) is 6.46. The highest BCUT2D eigenvalue weighted by molar-refractivity contribution is 5.30. The molecule has 0 aliphatic carbocycles. The second-order valence-corrected chi connectivity index (χ2v) is 6.46. The molecule has 0 saturated carbocycles. The molecule has 110 valence electrons. The van der Waals surface area contributed by atoms with Gasteiger partial charge < -0.3 is 0 Å². The van der Waals surface area contributed by atoms with E-state index in [2.05, 4.69) is 9.80 Å². The molecule has 1 unspecified atom stereocenters. The lowest BCUT2D eigenvalue weighted by molar-refractivity contribution is 0.0456. The van der Waals surface area contributed by atoms with Crippen LogP contribution in [0.25, 0.3) is 0 Å². The van der Waals surface area contributed by atoms with Crippen molar-refractivity contribution in [3.8, 4) is 0 Å². The van der Waals surface area contributed by atoms with Gasteiger partial charge in [-0.3, -0.25) is 9.80 Å². The van der Waals surface area contributed by atoms with Crippen LogP contribution in [0.1, 0.15) is 36.0 Å². The first-order valence-electron chi connectivity index (χ1n) is 7.85. The van der Waals surface area contributed by atoms with E-state index in [0.29, 0.717) is 0 Å². The molecule has 1 aromatic rings. The third kappa shape index (κ3) is 2.89. The van der Waals surface area contributed by atoms with Crippen molar-refractivity contribution in [3.63, 3.8) is 0 Å². The molecule has 0 spiro atoms. The summed E-state index contributed by atoms with van der Waals surface area (Å²) < 4.78 is 13.7. The van der Waals surface area contributed by atoms with Crippen LogP contribution >= 0.6 is 0 Å². The number of piperazine rings is 1. The molecule has 3 rings (SSSR count).